The van der Waals surface area contributed by atoms with Crippen molar-refractivity contribution in [2.24, 2.45) is 0 Å². The molecule has 19 heavy (non-hydrogen) atoms. The lowest BCUT2D eigenvalue weighted by atomic mass is 10.1. The summed E-state index contributed by atoms with van der Waals surface area (Å²) in [6.07, 6.45) is 0. The number of rotatable bonds is 2. The molecule has 0 saturated heterocycles. The summed E-state index contributed by atoms with van der Waals surface area (Å²) < 4.78 is 13.9. The van der Waals surface area contributed by atoms with Crippen LogP contribution in [-0.2, 0) is 0 Å². The molecule has 2 rings (SSSR count). The zero-order valence-electron chi connectivity index (χ0n) is 10.9. The third-order valence-corrected chi connectivity index (χ3v) is 3.76. The Morgan fingerprint density at radius 1 is 1.37 bits per heavy atom. The van der Waals surface area contributed by atoms with E-state index in [2.05, 4.69) is 10.3 Å². The predicted molar refractivity (Wildman–Crippen MR) is 75.1 cm³/mol. The highest BCUT2D eigenvalue weighted by molar-refractivity contribution is 7.15. The Balaban J connectivity index is 2.30. The lowest BCUT2D eigenvalue weighted by Crippen LogP contribution is -2.14. The fourth-order valence-electron chi connectivity index (χ4n) is 1.65. The summed E-state index contributed by atoms with van der Waals surface area (Å²) in [7, 11) is 0. The van der Waals surface area contributed by atoms with Gasteiger partial charge in [0.1, 0.15) is 5.82 Å². The third kappa shape index (κ3) is 2.73. The number of halogens is 1. The lowest BCUT2D eigenvalue weighted by molar-refractivity contribution is 0.102. The Labute approximate surface area is 114 Å². The summed E-state index contributed by atoms with van der Waals surface area (Å²) in [6, 6.07) is 2.81. The van der Waals surface area contributed by atoms with Gasteiger partial charge in [0.05, 0.1) is 11.3 Å². The Kier molecular flexibility index (Phi) is 3.53. The number of carbonyl (C=O) groups excluding carboxylic acids is 1. The van der Waals surface area contributed by atoms with Crippen molar-refractivity contribution in [3.05, 3.63) is 39.6 Å². The van der Waals surface area contributed by atoms with Crippen LogP contribution in [-0.4, -0.2) is 10.9 Å². The van der Waals surface area contributed by atoms with Crippen LogP contribution in [0.5, 0.6) is 0 Å². The molecule has 0 spiro atoms. The van der Waals surface area contributed by atoms with Gasteiger partial charge >= 0.3 is 0 Å². The summed E-state index contributed by atoms with van der Waals surface area (Å²) in [5, 5.41) is 3.05. The van der Waals surface area contributed by atoms with E-state index in [1.54, 1.807) is 6.92 Å². The standard InChI is InChI=1S/C13H14FN3OS/c1-6-4-9(15)5-10(11(6)14)12(18)17-13-16-7(2)8(3)19-13/h4-5H,15H2,1-3H3,(H,16,17,18). The van der Waals surface area contributed by atoms with Crippen LogP contribution in [0.25, 0.3) is 0 Å². The Hall–Kier alpha value is -1.95. The molecule has 0 aliphatic rings. The molecule has 1 heterocycles. The number of aromatic nitrogens is 1. The van der Waals surface area contributed by atoms with Crippen LogP contribution in [0.4, 0.5) is 15.2 Å². The Morgan fingerprint density at radius 2 is 2.05 bits per heavy atom. The van der Waals surface area contributed by atoms with Gasteiger partial charge in [0.25, 0.3) is 5.91 Å². The number of nitrogen functional groups attached to an aromatic ring is 1. The fourth-order valence-corrected chi connectivity index (χ4v) is 2.46. The number of hydrogen-bond acceptors (Lipinski definition) is 4. The number of nitrogens with one attached hydrogen (secondary N) is 1. The second kappa shape index (κ2) is 4.97. The van der Waals surface area contributed by atoms with Crippen LogP contribution in [0.3, 0.4) is 0 Å². The molecule has 0 fully saturated rings. The minimum absolute atomic E-state index is 0.0667. The first kappa shape index (κ1) is 13.5. The number of carbonyl (C=O) groups is 1. The number of nitrogens with zero attached hydrogens (tertiary/aromatic N) is 1. The number of aryl methyl sites for hydroxylation is 3. The molecule has 100 valence electrons. The van der Waals surface area contributed by atoms with Crippen LogP contribution >= 0.6 is 11.3 Å². The zero-order valence-corrected chi connectivity index (χ0v) is 11.7. The number of amides is 1. The highest BCUT2D eigenvalue weighted by Gasteiger charge is 2.16. The van der Waals surface area contributed by atoms with Crippen LogP contribution in [0, 0.1) is 26.6 Å². The number of thiazole rings is 1. The lowest BCUT2D eigenvalue weighted by Gasteiger charge is -2.06. The predicted octanol–water partition coefficient (Wildman–Crippen LogP) is 3.04. The highest BCUT2D eigenvalue weighted by atomic mass is 32.1. The van der Waals surface area contributed by atoms with Crippen LogP contribution in [0.2, 0.25) is 0 Å². The van der Waals surface area contributed by atoms with E-state index in [0.717, 1.165) is 10.6 Å². The van der Waals surface area contributed by atoms with Gasteiger partial charge in [-0.1, -0.05) is 0 Å². The van der Waals surface area contributed by atoms with Crippen molar-refractivity contribution in [1.82, 2.24) is 4.98 Å². The summed E-state index contributed by atoms with van der Waals surface area (Å²) in [4.78, 5) is 17.2. The molecule has 0 atom stereocenters. The number of hydrogen-bond donors (Lipinski definition) is 2. The van der Waals surface area contributed by atoms with E-state index in [9.17, 15) is 9.18 Å². The molecule has 0 saturated carbocycles. The second-order valence-electron chi connectivity index (χ2n) is 4.31. The van der Waals surface area contributed by atoms with Gasteiger partial charge < -0.3 is 5.73 Å². The molecule has 0 aliphatic heterocycles. The van der Waals surface area contributed by atoms with Gasteiger partial charge in [0.2, 0.25) is 0 Å². The average molecular weight is 279 g/mol. The molecule has 1 aromatic carbocycles. The number of nitrogens with two attached hydrogens (primary N) is 1. The van der Waals surface area contributed by atoms with Gasteiger partial charge in [-0.25, -0.2) is 9.37 Å². The number of anilines is 2. The van der Waals surface area contributed by atoms with E-state index < -0.39 is 11.7 Å². The maximum absolute atomic E-state index is 13.9. The smallest absolute Gasteiger partial charge is 0.260 e. The molecule has 6 heteroatoms. The maximum atomic E-state index is 13.9. The quantitative estimate of drug-likeness (QED) is 0.830. The van der Waals surface area contributed by atoms with Gasteiger partial charge in [0.15, 0.2) is 5.13 Å². The minimum atomic E-state index is -0.559. The van der Waals surface area contributed by atoms with E-state index in [1.165, 1.54) is 23.5 Å². The minimum Gasteiger partial charge on any atom is -0.399 e. The topological polar surface area (TPSA) is 68.0 Å². The summed E-state index contributed by atoms with van der Waals surface area (Å²) in [6.45, 7) is 5.33. The van der Waals surface area contributed by atoms with E-state index in [-0.39, 0.29) is 5.56 Å². The molecule has 4 nitrogen and oxygen atoms in total. The van der Waals surface area contributed by atoms with Crippen molar-refractivity contribution in [3.8, 4) is 0 Å². The molecular formula is C13H14FN3OS. The maximum Gasteiger partial charge on any atom is 0.260 e. The van der Waals surface area contributed by atoms with Crippen LogP contribution in [0.1, 0.15) is 26.5 Å². The molecule has 3 N–H and O–H groups in total. The summed E-state index contributed by atoms with van der Waals surface area (Å²) in [5.74, 6) is -1.10. The van der Waals surface area contributed by atoms with E-state index in [4.69, 9.17) is 5.73 Å². The van der Waals surface area contributed by atoms with E-state index in [0.29, 0.717) is 16.4 Å². The average Bonchev–Trinajstić information content (AvgIpc) is 2.62. The molecule has 0 radical (unpaired) electrons. The molecule has 0 bridgehead atoms. The third-order valence-electron chi connectivity index (χ3n) is 2.77. The van der Waals surface area contributed by atoms with Crippen molar-refractivity contribution in [3.63, 3.8) is 0 Å². The van der Waals surface area contributed by atoms with Gasteiger partial charge in [-0.2, -0.15) is 0 Å². The van der Waals surface area contributed by atoms with Crippen molar-refractivity contribution < 1.29 is 9.18 Å². The number of benzene rings is 1. The van der Waals surface area contributed by atoms with E-state index in [1.807, 2.05) is 13.8 Å². The van der Waals surface area contributed by atoms with Gasteiger partial charge in [-0.05, 0) is 38.5 Å². The monoisotopic (exact) mass is 279 g/mol. The van der Waals surface area contributed by atoms with Gasteiger partial charge in [-0.3, -0.25) is 10.1 Å². The Bertz CT molecular complexity index is 632. The summed E-state index contributed by atoms with van der Waals surface area (Å²) in [5.41, 5.74) is 7.11. The largest absolute Gasteiger partial charge is 0.399 e. The molecular weight excluding hydrogens is 265 g/mol. The van der Waals surface area contributed by atoms with Crippen molar-refractivity contribution >= 4 is 28.1 Å². The first-order chi connectivity index (χ1) is 8.88. The van der Waals surface area contributed by atoms with Crippen LogP contribution in [0.15, 0.2) is 12.1 Å². The van der Waals surface area contributed by atoms with Crippen LogP contribution < -0.4 is 11.1 Å². The molecule has 0 aliphatic carbocycles. The van der Waals surface area contributed by atoms with Crippen molar-refractivity contribution in [2.75, 3.05) is 11.1 Å². The SMILES string of the molecule is Cc1cc(N)cc(C(=O)Nc2nc(C)c(C)s2)c1F. The molecule has 0 unspecified atom stereocenters. The Morgan fingerprint density at radius 3 is 2.63 bits per heavy atom. The van der Waals surface area contributed by atoms with E-state index >= 15 is 0 Å². The first-order valence-electron chi connectivity index (χ1n) is 5.69. The molecule has 1 aromatic heterocycles. The normalized spacial score (nSPS) is 10.5. The highest BCUT2D eigenvalue weighted by Crippen LogP contribution is 2.23. The molecule has 2 aromatic rings. The first-order valence-corrected chi connectivity index (χ1v) is 6.51. The van der Waals surface area contributed by atoms with Gasteiger partial charge in [0, 0.05) is 10.6 Å². The van der Waals surface area contributed by atoms with Crippen molar-refractivity contribution in [1.29, 1.82) is 0 Å². The zero-order chi connectivity index (χ0) is 14.2. The molecule has 1 amide bonds. The summed E-state index contributed by atoms with van der Waals surface area (Å²) >= 11 is 1.35. The fraction of sp³-hybridized carbons (Fsp3) is 0.231. The van der Waals surface area contributed by atoms with Crippen molar-refractivity contribution in [2.45, 2.75) is 20.8 Å². The van der Waals surface area contributed by atoms with Gasteiger partial charge in [-0.15, -0.1) is 11.3 Å². The second-order valence-corrected chi connectivity index (χ2v) is 5.52.